The van der Waals surface area contributed by atoms with Crippen molar-refractivity contribution in [1.82, 2.24) is 0 Å². The second kappa shape index (κ2) is 8.43. The van der Waals surface area contributed by atoms with Gasteiger partial charge in [-0.05, 0) is 6.42 Å². The van der Waals surface area contributed by atoms with Crippen LogP contribution in [0.15, 0.2) is 0 Å². The number of hydrogen-bond donors (Lipinski definition) is 1. The fraction of sp³-hybridized carbons (Fsp3) is 0.857. The predicted molar refractivity (Wildman–Crippen MR) is 41.6 cm³/mol. The van der Waals surface area contributed by atoms with E-state index in [-0.39, 0.29) is 5.97 Å². The number of hydrogen-bond acceptors (Lipinski definition) is 3. The lowest BCUT2D eigenvalue weighted by atomic mass is 10.2. The van der Waals surface area contributed by atoms with Crippen molar-refractivity contribution < 1.29 is 9.53 Å². The molecular formula is C7H17NO2. The lowest BCUT2D eigenvalue weighted by Crippen LogP contribution is -2.30. The molecule has 3 nitrogen and oxygen atoms in total. The van der Waals surface area contributed by atoms with Crippen LogP contribution in [-0.4, -0.2) is 19.1 Å². The van der Waals surface area contributed by atoms with Crippen LogP contribution in [-0.2, 0) is 9.53 Å². The highest BCUT2D eigenvalue weighted by Crippen LogP contribution is 1.86. The molecule has 0 radical (unpaired) electrons. The summed E-state index contributed by atoms with van der Waals surface area (Å²) < 4.78 is 4.34. The number of ether oxygens (including phenoxy) is 1. The van der Waals surface area contributed by atoms with Gasteiger partial charge in [0.05, 0.1) is 7.11 Å². The average Bonchev–Trinajstić information content (AvgIpc) is 2.05. The van der Waals surface area contributed by atoms with E-state index in [9.17, 15) is 4.79 Å². The molecule has 0 spiro atoms. The Balaban J connectivity index is 0. The van der Waals surface area contributed by atoms with Gasteiger partial charge in [-0.15, -0.1) is 0 Å². The van der Waals surface area contributed by atoms with E-state index in [1.165, 1.54) is 7.11 Å². The summed E-state index contributed by atoms with van der Waals surface area (Å²) in [5.41, 5.74) is 5.25. The van der Waals surface area contributed by atoms with Gasteiger partial charge in [0.2, 0.25) is 0 Å². The van der Waals surface area contributed by atoms with E-state index in [4.69, 9.17) is 5.73 Å². The van der Waals surface area contributed by atoms with Crippen LogP contribution in [0.5, 0.6) is 0 Å². The molecule has 0 aromatic heterocycles. The first-order valence-electron chi connectivity index (χ1n) is 3.55. The normalized spacial score (nSPS) is 10.9. The van der Waals surface area contributed by atoms with E-state index in [2.05, 4.69) is 4.74 Å². The van der Waals surface area contributed by atoms with Crippen LogP contribution in [0.1, 0.15) is 27.2 Å². The summed E-state index contributed by atoms with van der Waals surface area (Å²) in [6, 6.07) is -0.444. The van der Waals surface area contributed by atoms with Crippen molar-refractivity contribution in [1.29, 1.82) is 0 Å². The van der Waals surface area contributed by atoms with Gasteiger partial charge in [-0.1, -0.05) is 20.8 Å². The highest BCUT2D eigenvalue weighted by molar-refractivity contribution is 5.75. The van der Waals surface area contributed by atoms with E-state index in [1.807, 2.05) is 20.8 Å². The Hall–Kier alpha value is -0.570. The third kappa shape index (κ3) is 5.56. The summed E-state index contributed by atoms with van der Waals surface area (Å²) in [6.07, 6.45) is 0.632. The van der Waals surface area contributed by atoms with E-state index in [0.717, 1.165) is 0 Å². The zero-order chi connectivity index (χ0) is 8.57. The number of nitrogens with two attached hydrogens (primary N) is 1. The zero-order valence-corrected chi connectivity index (χ0v) is 7.18. The molecule has 0 fully saturated rings. The molecule has 62 valence electrons. The van der Waals surface area contributed by atoms with Crippen molar-refractivity contribution in [2.45, 2.75) is 33.2 Å². The van der Waals surface area contributed by atoms with Crippen molar-refractivity contribution in [3.63, 3.8) is 0 Å². The van der Waals surface area contributed by atoms with Crippen molar-refractivity contribution in [3.05, 3.63) is 0 Å². The van der Waals surface area contributed by atoms with Crippen LogP contribution in [0.25, 0.3) is 0 Å². The quantitative estimate of drug-likeness (QED) is 0.591. The highest BCUT2D eigenvalue weighted by Gasteiger charge is 2.08. The summed E-state index contributed by atoms with van der Waals surface area (Å²) >= 11 is 0. The fourth-order valence-corrected chi connectivity index (χ4v) is 0.318. The Bertz CT molecular complexity index is 83.7. The van der Waals surface area contributed by atoms with Gasteiger partial charge in [-0.3, -0.25) is 4.79 Å². The number of esters is 1. The molecule has 1 unspecified atom stereocenters. The third-order valence-electron chi connectivity index (χ3n) is 0.944. The van der Waals surface area contributed by atoms with Gasteiger partial charge >= 0.3 is 5.97 Å². The zero-order valence-electron chi connectivity index (χ0n) is 7.18. The fourth-order valence-electron chi connectivity index (χ4n) is 0.318. The molecule has 0 aliphatic heterocycles. The summed E-state index contributed by atoms with van der Waals surface area (Å²) in [7, 11) is 1.33. The standard InChI is InChI=1S/C5H11NO2.C2H6/c1-3-4(6)5(7)8-2;1-2/h4H,3,6H2,1-2H3;1-2H3. The predicted octanol–water partition coefficient (Wildman–Crippen LogP) is 0.923. The van der Waals surface area contributed by atoms with Crippen molar-refractivity contribution >= 4 is 5.97 Å². The second-order valence-corrected chi connectivity index (χ2v) is 1.54. The van der Waals surface area contributed by atoms with Crippen LogP contribution in [0, 0.1) is 0 Å². The smallest absolute Gasteiger partial charge is 0.322 e. The largest absolute Gasteiger partial charge is 0.468 e. The van der Waals surface area contributed by atoms with Gasteiger partial charge in [0.15, 0.2) is 0 Å². The summed E-state index contributed by atoms with van der Waals surface area (Å²) in [5, 5.41) is 0. The van der Waals surface area contributed by atoms with Gasteiger partial charge in [0, 0.05) is 0 Å². The number of rotatable bonds is 2. The third-order valence-corrected chi connectivity index (χ3v) is 0.944. The Labute approximate surface area is 62.5 Å². The first-order chi connectivity index (χ1) is 4.72. The molecule has 3 heteroatoms. The number of carbonyl (C=O) groups is 1. The van der Waals surface area contributed by atoms with Crippen molar-refractivity contribution in [2.75, 3.05) is 7.11 Å². The molecule has 0 heterocycles. The lowest BCUT2D eigenvalue weighted by Gasteiger charge is -2.03. The van der Waals surface area contributed by atoms with E-state index in [1.54, 1.807) is 0 Å². The first kappa shape index (κ1) is 12.1. The topological polar surface area (TPSA) is 52.3 Å². The van der Waals surface area contributed by atoms with Gasteiger partial charge in [0.25, 0.3) is 0 Å². The summed E-state index contributed by atoms with van der Waals surface area (Å²) in [6.45, 7) is 5.83. The molecule has 0 aromatic rings. The minimum Gasteiger partial charge on any atom is -0.468 e. The molecule has 10 heavy (non-hydrogen) atoms. The van der Waals surface area contributed by atoms with Crippen LogP contribution in [0.2, 0.25) is 0 Å². The Morgan fingerprint density at radius 1 is 1.60 bits per heavy atom. The Kier molecular flexibility index (Phi) is 10.2. The van der Waals surface area contributed by atoms with Crippen molar-refractivity contribution in [2.24, 2.45) is 5.73 Å². The summed E-state index contributed by atoms with van der Waals surface area (Å²) in [4.78, 5) is 10.4. The number of methoxy groups -OCH3 is 1. The van der Waals surface area contributed by atoms with E-state index >= 15 is 0 Å². The SMILES string of the molecule is CC.CCC(N)C(=O)OC. The second-order valence-electron chi connectivity index (χ2n) is 1.54. The molecule has 0 saturated heterocycles. The Morgan fingerprint density at radius 2 is 2.00 bits per heavy atom. The molecule has 0 bridgehead atoms. The average molecular weight is 147 g/mol. The van der Waals surface area contributed by atoms with Crippen LogP contribution >= 0.6 is 0 Å². The minimum absolute atomic E-state index is 0.340. The first-order valence-corrected chi connectivity index (χ1v) is 3.55. The monoisotopic (exact) mass is 147 g/mol. The lowest BCUT2D eigenvalue weighted by molar-refractivity contribution is -0.142. The van der Waals surface area contributed by atoms with E-state index in [0.29, 0.717) is 6.42 Å². The molecule has 0 amide bonds. The molecule has 2 N–H and O–H groups in total. The minimum atomic E-state index is -0.444. The molecule has 0 rings (SSSR count). The van der Waals surface area contributed by atoms with Crippen molar-refractivity contribution in [3.8, 4) is 0 Å². The number of carbonyl (C=O) groups excluding carboxylic acids is 1. The maximum atomic E-state index is 10.4. The molecular weight excluding hydrogens is 130 g/mol. The highest BCUT2D eigenvalue weighted by atomic mass is 16.5. The molecule has 0 aliphatic carbocycles. The molecule has 0 aliphatic rings. The molecule has 0 aromatic carbocycles. The molecule has 1 atom stereocenters. The summed E-state index contributed by atoms with van der Waals surface area (Å²) in [5.74, 6) is -0.340. The molecule has 0 saturated carbocycles. The van der Waals surface area contributed by atoms with Crippen LogP contribution < -0.4 is 5.73 Å². The van der Waals surface area contributed by atoms with Gasteiger partial charge in [0.1, 0.15) is 6.04 Å². The van der Waals surface area contributed by atoms with Crippen LogP contribution in [0.4, 0.5) is 0 Å². The van der Waals surface area contributed by atoms with Gasteiger partial charge in [-0.25, -0.2) is 0 Å². The van der Waals surface area contributed by atoms with Gasteiger partial charge in [-0.2, -0.15) is 0 Å². The Morgan fingerprint density at radius 3 is 2.10 bits per heavy atom. The maximum Gasteiger partial charge on any atom is 0.322 e. The van der Waals surface area contributed by atoms with Gasteiger partial charge < -0.3 is 10.5 Å². The van der Waals surface area contributed by atoms with E-state index < -0.39 is 6.04 Å². The maximum absolute atomic E-state index is 10.4. The van der Waals surface area contributed by atoms with Crippen LogP contribution in [0.3, 0.4) is 0 Å².